The molecule has 2 aromatic heterocycles. The Labute approximate surface area is 240 Å². The van der Waals surface area contributed by atoms with Crippen molar-refractivity contribution in [2.45, 2.75) is 46.7 Å². The number of carbonyl (C=O) groups excluding carboxylic acids is 1. The molecule has 4 heterocycles. The fourth-order valence-electron chi connectivity index (χ4n) is 5.81. The van der Waals surface area contributed by atoms with E-state index in [2.05, 4.69) is 35.0 Å². The van der Waals surface area contributed by atoms with Gasteiger partial charge in [0.15, 0.2) is 0 Å². The first kappa shape index (κ1) is 28.2. The van der Waals surface area contributed by atoms with E-state index in [1.165, 1.54) is 4.90 Å². The Hall–Kier alpha value is -4.34. The van der Waals surface area contributed by atoms with Crippen LogP contribution < -0.4 is 20.7 Å². The van der Waals surface area contributed by atoms with E-state index in [4.69, 9.17) is 4.98 Å². The van der Waals surface area contributed by atoms with Crippen LogP contribution in [-0.4, -0.2) is 70.3 Å². The highest BCUT2D eigenvalue weighted by atomic mass is 16.4. The molecular weight excluding hydrogens is 520 g/mol. The van der Waals surface area contributed by atoms with Crippen molar-refractivity contribution in [2.24, 2.45) is 7.05 Å². The van der Waals surface area contributed by atoms with E-state index < -0.39 is 6.09 Å². The molecule has 0 atom stereocenters. The Bertz CT molecular complexity index is 1540. The van der Waals surface area contributed by atoms with E-state index >= 15 is 0 Å². The number of aryl methyl sites for hydroxylation is 2. The molecule has 1 aromatic carbocycles. The maximum atomic E-state index is 13.6. The highest BCUT2D eigenvalue weighted by Crippen LogP contribution is 2.37. The minimum atomic E-state index is -0.892. The molecule has 1 fully saturated rings. The number of hydrogen-bond donors (Lipinski definition) is 2. The number of rotatable bonds is 6. The lowest BCUT2D eigenvalue weighted by Gasteiger charge is -2.33. The molecule has 2 N–H and O–H groups in total. The molecule has 3 aromatic rings. The van der Waals surface area contributed by atoms with Crippen molar-refractivity contribution < 1.29 is 14.7 Å². The van der Waals surface area contributed by atoms with Crippen molar-refractivity contribution >= 4 is 23.5 Å². The minimum Gasteiger partial charge on any atom is -0.465 e. The normalized spacial score (nSPS) is 14.9. The molecule has 10 nitrogen and oxygen atoms in total. The average molecular weight is 559 g/mol. The summed E-state index contributed by atoms with van der Waals surface area (Å²) in [7, 11) is 1.74. The van der Waals surface area contributed by atoms with Gasteiger partial charge in [-0.15, -0.1) is 0 Å². The summed E-state index contributed by atoms with van der Waals surface area (Å²) in [5.41, 5.74) is 6.74. The molecule has 41 heavy (non-hydrogen) atoms. The van der Waals surface area contributed by atoms with E-state index in [0.717, 1.165) is 52.4 Å². The summed E-state index contributed by atoms with van der Waals surface area (Å²) >= 11 is 0. The standard InChI is InChI=1S/C31H38N6O4/c1-19(2)37-9-8-24-25(29(38)33-18-26-20(3)14-21(4)34(5)30(26)39)15-23(16-27(24)37)22-6-7-28(32-17-22)35-10-12-36(13-11-35)31(40)41/h6-7,14-17,19H,8-13,18H2,1-5H3,(H,33,38)(H,40,41). The summed E-state index contributed by atoms with van der Waals surface area (Å²) in [4.78, 5) is 48.2. The van der Waals surface area contributed by atoms with Crippen LogP contribution in [-0.2, 0) is 20.0 Å². The quantitative estimate of drug-likeness (QED) is 0.476. The monoisotopic (exact) mass is 558 g/mol. The van der Waals surface area contributed by atoms with E-state index in [0.29, 0.717) is 37.3 Å². The smallest absolute Gasteiger partial charge is 0.407 e. The number of fused-ring (bicyclic) bond motifs is 1. The average Bonchev–Trinajstić information content (AvgIpc) is 3.40. The van der Waals surface area contributed by atoms with Crippen molar-refractivity contribution in [1.29, 1.82) is 0 Å². The fraction of sp³-hybridized carbons (Fsp3) is 0.419. The Balaban J connectivity index is 1.42. The van der Waals surface area contributed by atoms with Crippen LogP contribution in [0.25, 0.3) is 11.1 Å². The van der Waals surface area contributed by atoms with Gasteiger partial charge in [0.1, 0.15) is 5.82 Å². The van der Waals surface area contributed by atoms with Crippen LogP contribution in [0, 0.1) is 13.8 Å². The van der Waals surface area contributed by atoms with Crippen molar-refractivity contribution in [3.05, 3.63) is 74.8 Å². The minimum absolute atomic E-state index is 0.0942. The van der Waals surface area contributed by atoms with Crippen LogP contribution in [0.4, 0.5) is 16.3 Å². The lowest BCUT2D eigenvalue weighted by atomic mass is 9.97. The summed E-state index contributed by atoms with van der Waals surface area (Å²) in [5, 5.41) is 12.2. The molecule has 10 heteroatoms. The molecule has 0 radical (unpaired) electrons. The number of carbonyl (C=O) groups is 2. The van der Waals surface area contributed by atoms with Crippen molar-refractivity contribution in [3.8, 4) is 11.1 Å². The third-order valence-corrected chi connectivity index (χ3v) is 8.38. The zero-order valence-electron chi connectivity index (χ0n) is 24.4. The highest BCUT2D eigenvalue weighted by Gasteiger charge is 2.28. The van der Waals surface area contributed by atoms with Gasteiger partial charge in [0.2, 0.25) is 0 Å². The number of hydrogen-bond acceptors (Lipinski definition) is 6. The molecule has 0 bridgehead atoms. The van der Waals surface area contributed by atoms with Crippen LogP contribution in [0.2, 0.25) is 0 Å². The molecule has 2 aliphatic heterocycles. The number of amides is 2. The Morgan fingerprint density at radius 1 is 1.02 bits per heavy atom. The molecule has 0 unspecified atom stereocenters. The van der Waals surface area contributed by atoms with Gasteiger partial charge in [0, 0.05) is 86.6 Å². The molecular formula is C31H38N6O4. The molecule has 216 valence electrons. The first-order valence-corrected chi connectivity index (χ1v) is 14.1. The molecule has 1 saturated heterocycles. The Kier molecular flexibility index (Phi) is 7.75. The van der Waals surface area contributed by atoms with Crippen LogP contribution in [0.1, 0.15) is 46.6 Å². The second-order valence-corrected chi connectivity index (χ2v) is 11.2. The first-order valence-electron chi connectivity index (χ1n) is 14.1. The van der Waals surface area contributed by atoms with Gasteiger partial charge in [0.25, 0.3) is 11.5 Å². The van der Waals surface area contributed by atoms with Crippen molar-refractivity contribution in [3.63, 3.8) is 0 Å². The molecule has 0 aliphatic carbocycles. The maximum absolute atomic E-state index is 13.6. The summed E-state index contributed by atoms with van der Waals surface area (Å²) in [6.07, 6.45) is 1.70. The van der Waals surface area contributed by atoms with Gasteiger partial charge in [0.05, 0.1) is 0 Å². The lowest BCUT2D eigenvalue weighted by Crippen LogP contribution is -2.48. The zero-order valence-corrected chi connectivity index (χ0v) is 24.4. The second-order valence-electron chi connectivity index (χ2n) is 11.2. The van der Waals surface area contributed by atoms with Crippen LogP contribution in [0.15, 0.2) is 41.3 Å². The van der Waals surface area contributed by atoms with E-state index in [-0.39, 0.29) is 24.1 Å². The van der Waals surface area contributed by atoms with E-state index in [9.17, 15) is 19.5 Å². The first-order chi connectivity index (χ1) is 19.5. The number of piperazine rings is 1. The zero-order chi connectivity index (χ0) is 29.4. The number of carboxylic acid groups (broad SMARTS) is 1. The highest BCUT2D eigenvalue weighted by molar-refractivity contribution is 5.99. The molecule has 5 rings (SSSR count). The van der Waals surface area contributed by atoms with Gasteiger partial charge >= 0.3 is 6.09 Å². The SMILES string of the molecule is Cc1cc(C)n(C)c(=O)c1CNC(=O)c1cc(-c2ccc(N3CCN(C(=O)O)CC3)nc2)cc2c1CCN2C(C)C. The third-order valence-electron chi connectivity index (χ3n) is 8.38. The predicted molar refractivity (Wildman–Crippen MR) is 160 cm³/mol. The Morgan fingerprint density at radius 3 is 2.39 bits per heavy atom. The molecule has 0 saturated carbocycles. The molecule has 0 spiro atoms. The fourth-order valence-corrected chi connectivity index (χ4v) is 5.81. The lowest BCUT2D eigenvalue weighted by molar-refractivity contribution is 0.0950. The summed E-state index contributed by atoms with van der Waals surface area (Å²) in [6, 6.07) is 10.3. The van der Waals surface area contributed by atoms with Crippen LogP contribution >= 0.6 is 0 Å². The number of benzene rings is 1. The van der Waals surface area contributed by atoms with Gasteiger partial charge in [-0.25, -0.2) is 9.78 Å². The van der Waals surface area contributed by atoms with Crippen LogP contribution in [0.3, 0.4) is 0 Å². The summed E-state index contributed by atoms with van der Waals surface area (Å²) < 4.78 is 1.61. The number of nitrogens with zero attached hydrogens (tertiary/aromatic N) is 5. The number of anilines is 2. The maximum Gasteiger partial charge on any atom is 0.407 e. The van der Waals surface area contributed by atoms with Gasteiger partial charge < -0.3 is 29.7 Å². The van der Waals surface area contributed by atoms with E-state index in [1.54, 1.807) is 11.6 Å². The molecule has 2 aliphatic rings. The van der Waals surface area contributed by atoms with E-state index in [1.807, 2.05) is 44.3 Å². The van der Waals surface area contributed by atoms with Crippen molar-refractivity contribution in [1.82, 2.24) is 19.8 Å². The number of pyridine rings is 2. The Morgan fingerprint density at radius 2 is 1.76 bits per heavy atom. The summed E-state index contributed by atoms with van der Waals surface area (Å²) in [5.74, 6) is 0.605. The largest absolute Gasteiger partial charge is 0.465 e. The summed E-state index contributed by atoms with van der Waals surface area (Å²) in [6.45, 7) is 11.2. The van der Waals surface area contributed by atoms with Crippen molar-refractivity contribution in [2.75, 3.05) is 42.5 Å². The topological polar surface area (TPSA) is 111 Å². The van der Waals surface area contributed by atoms with Crippen LogP contribution in [0.5, 0.6) is 0 Å². The van der Waals surface area contributed by atoms with Gasteiger partial charge in [-0.2, -0.15) is 0 Å². The van der Waals surface area contributed by atoms with Gasteiger partial charge in [-0.05, 0) is 81.1 Å². The van der Waals surface area contributed by atoms with Gasteiger partial charge in [-0.3, -0.25) is 9.59 Å². The number of nitrogens with one attached hydrogen (secondary N) is 1. The predicted octanol–water partition coefficient (Wildman–Crippen LogP) is 3.57. The molecule has 2 amide bonds. The number of aromatic nitrogens is 2. The van der Waals surface area contributed by atoms with Gasteiger partial charge in [-0.1, -0.05) is 0 Å². The second kappa shape index (κ2) is 11.3. The third kappa shape index (κ3) is 5.51.